The minimum absolute atomic E-state index is 0.293. The van der Waals surface area contributed by atoms with Crippen LogP contribution in [0.3, 0.4) is 0 Å². The molecular formula is C12H11F3N2O6. The van der Waals surface area contributed by atoms with E-state index >= 15 is 0 Å². The highest BCUT2D eigenvalue weighted by Gasteiger charge is 2.29. The summed E-state index contributed by atoms with van der Waals surface area (Å²) in [5.41, 5.74) is -1.17. The first-order valence-corrected chi connectivity index (χ1v) is 6.08. The fourth-order valence-electron chi connectivity index (χ4n) is 1.49. The zero-order valence-electron chi connectivity index (χ0n) is 11.4. The monoisotopic (exact) mass is 336 g/mol. The Balaban J connectivity index is 2.94. The molecule has 11 heteroatoms. The second kappa shape index (κ2) is 7.42. The summed E-state index contributed by atoms with van der Waals surface area (Å²) in [6.45, 7) is -1.91. The largest absolute Gasteiger partial charge is 0.484 e. The van der Waals surface area contributed by atoms with Crippen LogP contribution >= 0.6 is 0 Å². The summed E-state index contributed by atoms with van der Waals surface area (Å²) in [4.78, 5) is 32.1. The Morgan fingerprint density at radius 3 is 2.52 bits per heavy atom. The van der Waals surface area contributed by atoms with Crippen LogP contribution in [0.25, 0.3) is 0 Å². The van der Waals surface area contributed by atoms with Crippen molar-refractivity contribution in [3.05, 3.63) is 33.9 Å². The summed E-state index contributed by atoms with van der Waals surface area (Å²) < 4.78 is 40.7. The standard InChI is InChI=1S/C12H11F3N2O6/c13-12(14,15)6-23-7-1-2-9(17(21)22)8(5-7)11(20)16-4-3-10(18)19/h1-2,5H,3-4,6H2,(H,16,20)(H,18,19). The zero-order chi connectivity index (χ0) is 17.6. The highest BCUT2D eigenvalue weighted by atomic mass is 19.4. The number of carboxylic acids is 1. The first-order chi connectivity index (χ1) is 10.6. The first-order valence-electron chi connectivity index (χ1n) is 6.08. The number of nitro benzene ring substituents is 1. The van der Waals surface area contributed by atoms with Crippen molar-refractivity contribution in [1.29, 1.82) is 0 Å². The van der Waals surface area contributed by atoms with E-state index in [2.05, 4.69) is 10.1 Å². The summed E-state index contributed by atoms with van der Waals surface area (Å²) in [6, 6.07) is 2.55. The number of aliphatic carboxylic acids is 1. The molecule has 1 amide bonds. The highest BCUT2D eigenvalue weighted by molar-refractivity contribution is 5.98. The molecule has 0 spiro atoms. The molecule has 0 fully saturated rings. The molecule has 0 aliphatic carbocycles. The molecule has 0 unspecified atom stereocenters. The van der Waals surface area contributed by atoms with Gasteiger partial charge < -0.3 is 15.2 Å². The maximum atomic E-state index is 12.1. The molecule has 1 aromatic rings. The minimum atomic E-state index is -4.61. The number of nitrogens with zero attached hydrogens (tertiary/aromatic N) is 1. The average molecular weight is 336 g/mol. The predicted molar refractivity (Wildman–Crippen MR) is 69.2 cm³/mol. The number of carboxylic acid groups (broad SMARTS) is 1. The Morgan fingerprint density at radius 2 is 2.00 bits per heavy atom. The molecule has 0 saturated carbocycles. The van der Waals surface area contributed by atoms with E-state index in [1.807, 2.05) is 0 Å². The number of nitrogens with one attached hydrogen (secondary N) is 1. The Hall–Kier alpha value is -2.85. The van der Waals surface area contributed by atoms with Crippen molar-refractivity contribution in [2.75, 3.05) is 13.2 Å². The molecule has 0 aromatic heterocycles. The molecule has 0 aliphatic heterocycles. The lowest BCUT2D eigenvalue weighted by atomic mass is 10.1. The number of nitro groups is 1. The van der Waals surface area contributed by atoms with Gasteiger partial charge in [-0.25, -0.2) is 0 Å². The minimum Gasteiger partial charge on any atom is -0.484 e. The molecule has 2 N–H and O–H groups in total. The molecule has 0 bridgehead atoms. The number of carbonyl (C=O) groups is 2. The van der Waals surface area contributed by atoms with Crippen molar-refractivity contribution in [1.82, 2.24) is 5.32 Å². The second-order valence-electron chi connectivity index (χ2n) is 4.24. The summed E-state index contributed by atoms with van der Waals surface area (Å²) >= 11 is 0. The van der Waals surface area contributed by atoms with Crippen LogP contribution in [0.15, 0.2) is 18.2 Å². The Labute approximate surface area is 127 Å². The third-order valence-electron chi connectivity index (χ3n) is 2.44. The third kappa shape index (κ3) is 6.20. The predicted octanol–water partition coefficient (Wildman–Crippen LogP) is 1.74. The van der Waals surface area contributed by atoms with Gasteiger partial charge in [0.15, 0.2) is 6.61 Å². The maximum absolute atomic E-state index is 12.1. The Morgan fingerprint density at radius 1 is 1.35 bits per heavy atom. The number of carbonyl (C=O) groups excluding carboxylic acids is 1. The molecule has 1 rings (SSSR count). The van der Waals surface area contributed by atoms with E-state index in [-0.39, 0.29) is 12.3 Å². The third-order valence-corrected chi connectivity index (χ3v) is 2.44. The maximum Gasteiger partial charge on any atom is 0.422 e. The van der Waals surface area contributed by atoms with Gasteiger partial charge in [-0.3, -0.25) is 19.7 Å². The number of alkyl halides is 3. The summed E-state index contributed by atoms with van der Waals surface area (Å²) in [5, 5.41) is 21.4. The van der Waals surface area contributed by atoms with Gasteiger partial charge in [-0.05, 0) is 12.1 Å². The number of benzene rings is 1. The molecule has 0 radical (unpaired) electrons. The van der Waals surface area contributed by atoms with Gasteiger partial charge in [0, 0.05) is 12.6 Å². The lowest BCUT2D eigenvalue weighted by molar-refractivity contribution is -0.385. The van der Waals surface area contributed by atoms with Crippen molar-refractivity contribution in [3.8, 4) is 5.75 Å². The number of amides is 1. The van der Waals surface area contributed by atoms with Crippen molar-refractivity contribution in [3.63, 3.8) is 0 Å². The Kier molecular flexibility index (Phi) is 5.87. The SMILES string of the molecule is O=C(O)CCNC(=O)c1cc(OCC(F)(F)F)ccc1[N+](=O)[O-]. The van der Waals surface area contributed by atoms with Gasteiger partial charge in [-0.15, -0.1) is 0 Å². The topological polar surface area (TPSA) is 119 Å². The van der Waals surface area contributed by atoms with E-state index in [0.29, 0.717) is 0 Å². The van der Waals surface area contributed by atoms with E-state index in [9.17, 15) is 32.9 Å². The van der Waals surface area contributed by atoms with Crippen LogP contribution in [0.2, 0.25) is 0 Å². The molecule has 0 saturated heterocycles. The molecule has 23 heavy (non-hydrogen) atoms. The molecule has 1 aromatic carbocycles. The Bertz CT molecular complexity index is 617. The van der Waals surface area contributed by atoms with Crippen LogP contribution in [0.5, 0.6) is 5.75 Å². The van der Waals surface area contributed by atoms with Gasteiger partial charge in [0.1, 0.15) is 11.3 Å². The normalized spacial score (nSPS) is 10.9. The smallest absolute Gasteiger partial charge is 0.422 e. The lowest BCUT2D eigenvalue weighted by Gasteiger charge is -2.10. The number of halogens is 3. The van der Waals surface area contributed by atoms with Gasteiger partial charge in [-0.1, -0.05) is 0 Å². The summed E-state index contributed by atoms with van der Waals surface area (Å²) in [5.74, 6) is -2.56. The van der Waals surface area contributed by atoms with Crippen LogP contribution in [-0.4, -0.2) is 41.2 Å². The van der Waals surface area contributed by atoms with Crippen molar-refractivity contribution in [2.45, 2.75) is 12.6 Å². The molecule has 126 valence electrons. The molecule has 0 aliphatic rings. The van der Waals surface area contributed by atoms with E-state index in [4.69, 9.17) is 5.11 Å². The van der Waals surface area contributed by atoms with Crippen LogP contribution in [0.1, 0.15) is 16.8 Å². The lowest BCUT2D eigenvalue weighted by Crippen LogP contribution is -2.27. The van der Waals surface area contributed by atoms with Gasteiger partial charge in [0.2, 0.25) is 0 Å². The quantitative estimate of drug-likeness (QED) is 0.578. The van der Waals surface area contributed by atoms with Crippen molar-refractivity contribution >= 4 is 17.6 Å². The van der Waals surface area contributed by atoms with E-state index < -0.39 is 47.3 Å². The number of hydrogen-bond acceptors (Lipinski definition) is 5. The van der Waals surface area contributed by atoms with Crippen LogP contribution < -0.4 is 10.1 Å². The van der Waals surface area contributed by atoms with E-state index in [1.54, 1.807) is 0 Å². The van der Waals surface area contributed by atoms with E-state index in [1.165, 1.54) is 0 Å². The van der Waals surface area contributed by atoms with Gasteiger partial charge in [0.25, 0.3) is 11.6 Å². The molecular weight excluding hydrogens is 325 g/mol. The van der Waals surface area contributed by atoms with Gasteiger partial charge in [-0.2, -0.15) is 13.2 Å². The second-order valence-corrected chi connectivity index (χ2v) is 4.24. The first kappa shape index (κ1) is 18.2. The molecule has 8 nitrogen and oxygen atoms in total. The summed E-state index contributed by atoms with van der Waals surface area (Å²) in [7, 11) is 0. The number of ether oxygens (including phenoxy) is 1. The van der Waals surface area contributed by atoms with Gasteiger partial charge in [0.05, 0.1) is 11.3 Å². The van der Waals surface area contributed by atoms with Crippen LogP contribution in [-0.2, 0) is 4.79 Å². The van der Waals surface area contributed by atoms with Crippen molar-refractivity contribution in [2.24, 2.45) is 0 Å². The van der Waals surface area contributed by atoms with Crippen LogP contribution in [0.4, 0.5) is 18.9 Å². The van der Waals surface area contributed by atoms with E-state index in [0.717, 1.165) is 18.2 Å². The number of rotatable bonds is 7. The van der Waals surface area contributed by atoms with Crippen LogP contribution in [0, 0.1) is 10.1 Å². The molecule has 0 heterocycles. The van der Waals surface area contributed by atoms with Crippen molar-refractivity contribution < 1.29 is 37.5 Å². The fourth-order valence-corrected chi connectivity index (χ4v) is 1.49. The average Bonchev–Trinajstić information content (AvgIpc) is 2.43. The highest BCUT2D eigenvalue weighted by Crippen LogP contribution is 2.25. The molecule has 0 atom stereocenters. The fraction of sp³-hybridized carbons (Fsp3) is 0.333. The van der Waals surface area contributed by atoms with Gasteiger partial charge >= 0.3 is 12.1 Å². The zero-order valence-corrected chi connectivity index (χ0v) is 11.4. The summed E-state index contributed by atoms with van der Waals surface area (Å²) in [6.07, 6.45) is -5.02. The number of hydrogen-bond donors (Lipinski definition) is 2.